The van der Waals surface area contributed by atoms with Crippen LogP contribution in [0.25, 0.3) is 10.9 Å². The summed E-state index contributed by atoms with van der Waals surface area (Å²) in [5.41, 5.74) is 3.01. The van der Waals surface area contributed by atoms with Crippen LogP contribution in [-0.2, 0) is 11.2 Å². The molecule has 0 aliphatic rings. The van der Waals surface area contributed by atoms with E-state index in [4.69, 9.17) is 9.47 Å². The van der Waals surface area contributed by atoms with Crippen molar-refractivity contribution in [2.24, 2.45) is 0 Å². The predicted molar refractivity (Wildman–Crippen MR) is 107 cm³/mol. The van der Waals surface area contributed by atoms with Crippen molar-refractivity contribution in [3.8, 4) is 11.5 Å². The molecule has 0 radical (unpaired) electrons. The third-order valence-corrected chi connectivity index (χ3v) is 4.55. The molecule has 5 heteroatoms. The van der Waals surface area contributed by atoms with Crippen molar-refractivity contribution in [3.63, 3.8) is 0 Å². The number of hydrogen-bond acceptors (Lipinski definition) is 3. The number of rotatable bonds is 8. The number of para-hydroxylation sites is 1. The van der Waals surface area contributed by atoms with E-state index >= 15 is 0 Å². The molecule has 0 saturated carbocycles. The first kappa shape index (κ1) is 18.8. The van der Waals surface area contributed by atoms with Gasteiger partial charge in [0.1, 0.15) is 0 Å². The highest BCUT2D eigenvalue weighted by molar-refractivity contribution is 5.89. The zero-order valence-electron chi connectivity index (χ0n) is 16.0. The number of carbonyl (C=O) groups excluding carboxylic acids is 1. The van der Waals surface area contributed by atoms with Gasteiger partial charge in [0.15, 0.2) is 11.5 Å². The highest BCUT2D eigenvalue weighted by Crippen LogP contribution is 2.30. The van der Waals surface area contributed by atoms with Crippen LogP contribution >= 0.6 is 0 Å². The highest BCUT2D eigenvalue weighted by Gasteiger charge is 2.14. The minimum Gasteiger partial charge on any atom is -0.493 e. The summed E-state index contributed by atoms with van der Waals surface area (Å²) in [4.78, 5) is 15.7. The lowest BCUT2D eigenvalue weighted by molar-refractivity contribution is -0.121. The van der Waals surface area contributed by atoms with Gasteiger partial charge >= 0.3 is 0 Å². The summed E-state index contributed by atoms with van der Waals surface area (Å²) in [5, 5.41) is 4.15. The Morgan fingerprint density at radius 2 is 2.00 bits per heavy atom. The largest absolute Gasteiger partial charge is 0.493 e. The van der Waals surface area contributed by atoms with Gasteiger partial charge in [-0.1, -0.05) is 31.2 Å². The Balaban J connectivity index is 1.67. The van der Waals surface area contributed by atoms with Gasteiger partial charge in [0.2, 0.25) is 5.91 Å². The lowest BCUT2D eigenvalue weighted by Gasteiger charge is -2.17. The van der Waals surface area contributed by atoms with Gasteiger partial charge in [0, 0.05) is 17.1 Å². The average molecular weight is 366 g/mol. The van der Waals surface area contributed by atoms with E-state index in [-0.39, 0.29) is 11.9 Å². The average Bonchev–Trinajstić information content (AvgIpc) is 3.09. The first-order valence-electron chi connectivity index (χ1n) is 9.27. The number of aromatic nitrogens is 1. The SMILES string of the molecule is CCCOc1ccc([C@H](C)NC(=O)Cc2c[nH]c3ccccc23)cc1OC. The number of aromatic amines is 1. The smallest absolute Gasteiger partial charge is 0.224 e. The summed E-state index contributed by atoms with van der Waals surface area (Å²) in [7, 11) is 1.62. The van der Waals surface area contributed by atoms with Crippen molar-refractivity contribution in [2.75, 3.05) is 13.7 Å². The van der Waals surface area contributed by atoms with Crippen molar-refractivity contribution >= 4 is 16.8 Å². The number of H-pyrrole nitrogens is 1. The van der Waals surface area contributed by atoms with E-state index in [1.165, 1.54) is 0 Å². The van der Waals surface area contributed by atoms with Crippen LogP contribution in [0, 0.1) is 0 Å². The molecule has 0 spiro atoms. The lowest BCUT2D eigenvalue weighted by atomic mass is 10.1. The van der Waals surface area contributed by atoms with Gasteiger partial charge < -0.3 is 19.8 Å². The maximum absolute atomic E-state index is 12.5. The summed E-state index contributed by atoms with van der Waals surface area (Å²) in [6, 6.07) is 13.6. The molecule has 0 bridgehead atoms. The molecule has 0 fully saturated rings. The van der Waals surface area contributed by atoms with E-state index in [1.807, 2.05) is 55.6 Å². The fraction of sp³-hybridized carbons (Fsp3) is 0.318. The highest BCUT2D eigenvalue weighted by atomic mass is 16.5. The first-order valence-corrected chi connectivity index (χ1v) is 9.27. The number of fused-ring (bicyclic) bond motifs is 1. The number of benzene rings is 2. The molecule has 0 aliphatic carbocycles. The summed E-state index contributed by atoms with van der Waals surface area (Å²) in [6.07, 6.45) is 3.17. The molecule has 2 aromatic carbocycles. The van der Waals surface area contributed by atoms with Gasteiger partial charge in [-0.15, -0.1) is 0 Å². The first-order chi connectivity index (χ1) is 13.1. The monoisotopic (exact) mass is 366 g/mol. The number of nitrogens with one attached hydrogen (secondary N) is 2. The van der Waals surface area contributed by atoms with E-state index < -0.39 is 0 Å². The van der Waals surface area contributed by atoms with Crippen molar-refractivity contribution in [1.82, 2.24) is 10.3 Å². The molecular formula is C22H26N2O3. The van der Waals surface area contributed by atoms with Crippen molar-refractivity contribution in [2.45, 2.75) is 32.7 Å². The van der Waals surface area contributed by atoms with Crippen LogP contribution in [0.5, 0.6) is 11.5 Å². The zero-order chi connectivity index (χ0) is 19.2. The Morgan fingerprint density at radius 1 is 1.19 bits per heavy atom. The van der Waals surface area contributed by atoms with Crippen LogP contribution in [0.2, 0.25) is 0 Å². The van der Waals surface area contributed by atoms with Crippen LogP contribution in [-0.4, -0.2) is 24.6 Å². The normalized spacial score (nSPS) is 12.0. The van der Waals surface area contributed by atoms with Crippen molar-refractivity contribution < 1.29 is 14.3 Å². The lowest BCUT2D eigenvalue weighted by Crippen LogP contribution is -2.28. The standard InChI is InChI=1S/C22H26N2O3/c1-4-11-27-20-10-9-16(12-21(20)26-3)15(2)24-22(25)13-17-14-23-19-8-6-5-7-18(17)19/h5-10,12,14-15,23H,4,11,13H2,1-3H3,(H,24,25)/t15-/m0/s1. The van der Waals surface area contributed by atoms with E-state index in [0.717, 1.165) is 34.2 Å². The number of carbonyl (C=O) groups is 1. The van der Waals surface area contributed by atoms with E-state index in [2.05, 4.69) is 17.2 Å². The van der Waals surface area contributed by atoms with E-state index in [9.17, 15) is 4.79 Å². The van der Waals surface area contributed by atoms with Crippen LogP contribution in [0.4, 0.5) is 0 Å². The molecule has 3 aromatic rings. The summed E-state index contributed by atoms with van der Waals surface area (Å²) in [5.74, 6) is 1.39. The Morgan fingerprint density at radius 3 is 2.78 bits per heavy atom. The maximum Gasteiger partial charge on any atom is 0.224 e. The second-order valence-electron chi connectivity index (χ2n) is 6.58. The Hall–Kier alpha value is -2.95. The molecule has 3 rings (SSSR count). The molecule has 1 aromatic heterocycles. The summed E-state index contributed by atoms with van der Waals surface area (Å²) < 4.78 is 11.1. The van der Waals surface area contributed by atoms with Crippen molar-refractivity contribution in [1.29, 1.82) is 0 Å². The molecule has 1 amide bonds. The fourth-order valence-electron chi connectivity index (χ4n) is 3.11. The van der Waals surface area contributed by atoms with Crippen LogP contribution in [0.3, 0.4) is 0 Å². The molecule has 5 nitrogen and oxygen atoms in total. The molecule has 142 valence electrons. The quantitative estimate of drug-likeness (QED) is 0.622. The van der Waals surface area contributed by atoms with Gasteiger partial charge in [-0.3, -0.25) is 4.79 Å². The van der Waals surface area contributed by atoms with Gasteiger partial charge in [0.25, 0.3) is 0 Å². The second kappa shape index (κ2) is 8.62. The third-order valence-electron chi connectivity index (χ3n) is 4.55. The third kappa shape index (κ3) is 4.42. The van der Waals surface area contributed by atoms with E-state index in [1.54, 1.807) is 7.11 Å². The minimum atomic E-state index is -0.128. The topological polar surface area (TPSA) is 63.3 Å². The molecule has 0 unspecified atom stereocenters. The van der Waals surface area contributed by atoms with Gasteiger partial charge in [-0.05, 0) is 42.7 Å². The fourth-order valence-corrected chi connectivity index (χ4v) is 3.11. The molecule has 0 aliphatic heterocycles. The molecule has 2 N–H and O–H groups in total. The number of hydrogen-bond donors (Lipinski definition) is 2. The van der Waals surface area contributed by atoms with Gasteiger partial charge in [0.05, 0.1) is 26.2 Å². The van der Waals surface area contributed by atoms with E-state index in [0.29, 0.717) is 18.8 Å². The molecule has 1 atom stereocenters. The molecular weight excluding hydrogens is 340 g/mol. The van der Waals surface area contributed by atoms with Crippen LogP contribution in [0.15, 0.2) is 48.7 Å². The Kier molecular flexibility index (Phi) is 6.01. The van der Waals surface area contributed by atoms with Crippen molar-refractivity contribution in [3.05, 3.63) is 59.8 Å². The molecule has 1 heterocycles. The second-order valence-corrected chi connectivity index (χ2v) is 6.58. The number of amides is 1. The Labute approximate surface area is 159 Å². The zero-order valence-corrected chi connectivity index (χ0v) is 16.0. The maximum atomic E-state index is 12.5. The number of ether oxygens (including phenoxy) is 2. The molecule has 27 heavy (non-hydrogen) atoms. The minimum absolute atomic E-state index is 0.0162. The predicted octanol–water partition coefficient (Wildman–Crippen LogP) is 4.39. The Bertz CT molecular complexity index is 917. The van der Waals surface area contributed by atoms with Crippen LogP contribution in [0.1, 0.15) is 37.4 Å². The number of methoxy groups -OCH3 is 1. The molecule has 0 saturated heterocycles. The summed E-state index contributed by atoms with van der Waals surface area (Å²) in [6.45, 7) is 4.67. The van der Waals surface area contributed by atoms with Crippen LogP contribution < -0.4 is 14.8 Å². The van der Waals surface area contributed by atoms with Gasteiger partial charge in [-0.25, -0.2) is 0 Å². The summed E-state index contributed by atoms with van der Waals surface area (Å²) >= 11 is 0. The van der Waals surface area contributed by atoms with Gasteiger partial charge in [-0.2, -0.15) is 0 Å².